The van der Waals surface area contributed by atoms with Crippen LogP contribution in [0.3, 0.4) is 0 Å². The third-order valence-corrected chi connectivity index (χ3v) is 6.57. The van der Waals surface area contributed by atoms with Gasteiger partial charge in [-0.05, 0) is 36.7 Å². The summed E-state index contributed by atoms with van der Waals surface area (Å²) in [5.74, 6) is 2.58. The lowest BCUT2D eigenvalue weighted by Gasteiger charge is -2.24. The van der Waals surface area contributed by atoms with Gasteiger partial charge in [-0.1, -0.05) is 20.8 Å². The normalized spacial score (nSPS) is 25.2. The first-order chi connectivity index (χ1) is 13.0. The molecule has 144 valence electrons. The van der Waals surface area contributed by atoms with Crippen molar-refractivity contribution in [2.75, 3.05) is 31.1 Å². The lowest BCUT2D eigenvalue weighted by atomic mass is 9.92. The third kappa shape index (κ3) is 3.14. The van der Waals surface area contributed by atoms with Crippen molar-refractivity contribution in [2.24, 2.45) is 11.8 Å². The van der Waals surface area contributed by atoms with Gasteiger partial charge in [0.2, 0.25) is 0 Å². The maximum Gasteiger partial charge on any atom is 0.132 e. The van der Waals surface area contributed by atoms with Crippen LogP contribution < -0.4 is 4.90 Å². The number of rotatable bonds is 3. The lowest BCUT2D eigenvalue weighted by Crippen LogP contribution is -2.29. The third-order valence-electron chi connectivity index (χ3n) is 6.57. The molecule has 4 heterocycles. The van der Waals surface area contributed by atoms with E-state index in [-0.39, 0.29) is 5.41 Å². The van der Waals surface area contributed by atoms with E-state index >= 15 is 0 Å². The highest BCUT2D eigenvalue weighted by atomic mass is 15.3. The highest BCUT2D eigenvalue weighted by Gasteiger charge is 2.41. The molecule has 0 radical (unpaired) electrons. The molecule has 2 aromatic rings. The van der Waals surface area contributed by atoms with Crippen molar-refractivity contribution in [3.63, 3.8) is 0 Å². The average Bonchev–Trinajstić information content (AvgIpc) is 3.36. The molecule has 1 aliphatic carbocycles. The molecule has 0 aromatic carbocycles. The van der Waals surface area contributed by atoms with Crippen molar-refractivity contribution >= 4 is 5.82 Å². The molecule has 5 rings (SSSR count). The molecule has 0 spiro atoms. The summed E-state index contributed by atoms with van der Waals surface area (Å²) < 4.78 is 0. The number of H-pyrrole nitrogens is 1. The first-order valence-electron chi connectivity index (χ1n) is 10.3. The summed E-state index contributed by atoms with van der Waals surface area (Å²) in [6.07, 6.45) is 5.40. The number of fused-ring (bicyclic) bond motifs is 2. The first-order valence-corrected chi connectivity index (χ1v) is 10.3. The van der Waals surface area contributed by atoms with Crippen LogP contribution in [0.25, 0.3) is 0 Å². The molecule has 0 bridgehead atoms. The summed E-state index contributed by atoms with van der Waals surface area (Å²) in [7, 11) is 0. The standard InChI is InChI=1S/C21H30N6/c1-21(2,3)19-7-20(23-13-22-19)27-10-14-8-26(9-15(14)11-27)12-18-16-5-4-6-17(16)24-25-18/h7,13-15H,4-6,8-12H2,1-3H3,(H,24,25). The van der Waals surface area contributed by atoms with Crippen LogP contribution in [0.5, 0.6) is 0 Å². The Morgan fingerprint density at radius 3 is 2.59 bits per heavy atom. The molecule has 2 unspecified atom stereocenters. The van der Waals surface area contributed by atoms with E-state index in [1.54, 1.807) is 6.33 Å². The van der Waals surface area contributed by atoms with Crippen LogP contribution in [0.15, 0.2) is 12.4 Å². The fourth-order valence-electron chi connectivity index (χ4n) is 5.07. The van der Waals surface area contributed by atoms with Crippen molar-refractivity contribution in [3.8, 4) is 0 Å². The summed E-state index contributed by atoms with van der Waals surface area (Å²) in [4.78, 5) is 14.1. The van der Waals surface area contributed by atoms with Crippen molar-refractivity contribution in [1.82, 2.24) is 25.1 Å². The molecule has 6 nitrogen and oxygen atoms in total. The summed E-state index contributed by atoms with van der Waals surface area (Å²) >= 11 is 0. The predicted molar refractivity (Wildman–Crippen MR) is 106 cm³/mol. The number of anilines is 1. The number of nitrogens with zero attached hydrogens (tertiary/aromatic N) is 5. The molecular weight excluding hydrogens is 336 g/mol. The zero-order valence-corrected chi connectivity index (χ0v) is 16.7. The van der Waals surface area contributed by atoms with Gasteiger partial charge in [0.15, 0.2) is 0 Å². The van der Waals surface area contributed by atoms with E-state index in [0.717, 1.165) is 43.0 Å². The molecule has 3 aliphatic rings. The van der Waals surface area contributed by atoms with Gasteiger partial charge in [0.05, 0.1) is 11.4 Å². The lowest BCUT2D eigenvalue weighted by molar-refractivity contribution is 0.304. The van der Waals surface area contributed by atoms with E-state index in [1.807, 2.05) is 0 Å². The van der Waals surface area contributed by atoms with E-state index < -0.39 is 0 Å². The van der Waals surface area contributed by atoms with Gasteiger partial charge in [-0.2, -0.15) is 5.10 Å². The Kier molecular flexibility index (Phi) is 4.00. The Hall–Kier alpha value is -1.95. The van der Waals surface area contributed by atoms with Crippen molar-refractivity contribution in [1.29, 1.82) is 0 Å². The van der Waals surface area contributed by atoms with Gasteiger partial charge in [0.1, 0.15) is 12.1 Å². The Labute approximate surface area is 161 Å². The predicted octanol–water partition coefficient (Wildman–Crippen LogP) is 2.55. The molecule has 2 saturated heterocycles. The average molecular weight is 367 g/mol. The van der Waals surface area contributed by atoms with E-state index in [2.05, 4.69) is 56.8 Å². The van der Waals surface area contributed by atoms with Crippen LogP contribution in [0.1, 0.15) is 49.8 Å². The minimum Gasteiger partial charge on any atom is -0.356 e. The van der Waals surface area contributed by atoms with E-state index in [4.69, 9.17) is 0 Å². The number of aromatic amines is 1. The van der Waals surface area contributed by atoms with Crippen LogP contribution >= 0.6 is 0 Å². The molecule has 0 amide bonds. The molecule has 0 saturated carbocycles. The highest BCUT2D eigenvalue weighted by Crippen LogP contribution is 2.35. The largest absolute Gasteiger partial charge is 0.356 e. The van der Waals surface area contributed by atoms with Gasteiger partial charge in [-0.25, -0.2) is 9.97 Å². The van der Waals surface area contributed by atoms with Crippen LogP contribution in [-0.2, 0) is 24.8 Å². The van der Waals surface area contributed by atoms with Gasteiger partial charge in [0, 0.05) is 49.9 Å². The molecule has 2 fully saturated rings. The second-order valence-electron chi connectivity index (χ2n) is 9.61. The van der Waals surface area contributed by atoms with E-state index in [1.165, 1.54) is 49.3 Å². The number of hydrogen-bond donors (Lipinski definition) is 1. The maximum atomic E-state index is 4.60. The highest BCUT2D eigenvalue weighted by molar-refractivity contribution is 5.42. The molecule has 2 aliphatic heterocycles. The second kappa shape index (κ2) is 6.30. The molecule has 27 heavy (non-hydrogen) atoms. The quantitative estimate of drug-likeness (QED) is 0.905. The Morgan fingerprint density at radius 2 is 1.85 bits per heavy atom. The molecule has 1 N–H and O–H groups in total. The summed E-state index contributed by atoms with van der Waals surface area (Å²) in [5, 5.41) is 7.85. The maximum absolute atomic E-state index is 4.60. The van der Waals surface area contributed by atoms with Crippen LogP contribution in [0.4, 0.5) is 5.82 Å². The monoisotopic (exact) mass is 366 g/mol. The van der Waals surface area contributed by atoms with Crippen LogP contribution in [0.2, 0.25) is 0 Å². The van der Waals surface area contributed by atoms with Gasteiger partial charge in [0.25, 0.3) is 0 Å². The Morgan fingerprint density at radius 1 is 1.07 bits per heavy atom. The molecule has 2 atom stereocenters. The second-order valence-corrected chi connectivity index (χ2v) is 9.61. The van der Waals surface area contributed by atoms with Crippen molar-refractivity contribution in [3.05, 3.63) is 35.0 Å². The van der Waals surface area contributed by atoms with Crippen molar-refractivity contribution in [2.45, 2.75) is 52.0 Å². The number of nitrogens with one attached hydrogen (secondary N) is 1. The van der Waals surface area contributed by atoms with E-state index in [9.17, 15) is 0 Å². The zero-order valence-electron chi connectivity index (χ0n) is 16.7. The Bertz CT molecular complexity index is 821. The van der Waals surface area contributed by atoms with Crippen LogP contribution in [0, 0.1) is 11.8 Å². The summed E-state index contributed by atoms with van der Waals surface area (Å²) in [5.41, 5.74) is 5.37. The van der Waals surface area contributed by atoms with E-state index in [0.29, 0.717) is 0 Å². The number of aromatic nitrogens is 4. The van der Waals surface area contributed by atoms with Crippen LogP contribution in [-0.4, -0.2) is 51.2 Å². The van der Waals surface area contributed by atoms with Gasteiger partial charge < -0.3 is 4.90 Å². The minimum atomic E-state index is 0.0634. The number of likely N-dealkylation sites (tertiary alicyclic amines) is 1. The fraction of sp³-hybridized carbons (Fsp3) is 0.667. The van der Waals surface area contributed by atoms with Gasteiger partial charge >= 0.3 is 0 Å². The smallest absolute Gasteiger partial charge is 0.132 e. The topological polar surface area (TPSA) is 60.9 Å². The van der Waals surface area contributed by atoms with Gasteiger partial charge in [-0.15, -0.1) is 0 Å². The van der Waals surface area contributed by atoms with Gasteiger partial charge in [-0.3, -0.25) is 10.00 Å². The summed E-state index contributed by atoms with van der Waals surface area (Å²) in [6, 6.07) is 2.19. The number of aryl methyl sites for hydroxylation is 1. The fourth-order valence-corrected chi connectivity index (χ4v) is 5.07. The zero-order chi connectivity index (χ0) is 18.6. The molecule has 2 aromatic heterocycles. The SMILES string of the molecule is CC(C)(C)c1cc(N2CC3CN(Cc4n[nH]c5c4CCC5)CC3C2)ncn1. The first kappa shape index (κ1) is 17.2. The summed E-state index contributed by atoms with van der Waals surface area (Å²) in [6.45, 7) is 12.2. The molecule has 6 heteroatoms. The molecular formula is C21H30N6. The minimum absolute atomic E-state index is 0.0634. The Balaban J connectivity index is 1.23. The number of hydrogen-bond acceptors (Lipinski definition) is 5. The van der Waals surface area contributed by atoms with Crippen molar-refractivity contribution < 1.29 is 0 Å².